The number of likely N-dealkylation sites (N-methyl/N-ethyl adjacent to an activating group) is 1. The quantitative estimate of drug-likeness (QED) is 0.565. The molecule has 0 saturated heterocycles. The predicted octanol–water partition coefficient (Wildman–Crippen LogP) is 1.62. The third-order valence-electron chi connectivity index (χ3n) is 2.33. The van der Waals surface area contributed by atoms with Crippen LogP contribution in [0.25, 0.3) is 0 Å². The van der Waals surface area contributed by atoms with Crippen molar-refractivity contribution in [1.82, 2.24) is 0 Å². The molecule has 1 heterocycles. The minimum atomic E-state index is -0.474. The van der Waals surface area contributed by atoms with Gasteiger partial charge in [0.15, 0.2) is 18.1 Å². The number of rotatable bonds is 1. The van der Waals surface area contributed by atoms with E-state index in [0.717, 1.165) is 0 Å². The molecule has 0 aromatic heterocycles. The van der Waals surface area contributed by atoms with Crippen LogP contribution in [-0.2, 0) is 9.59 Å². The molecule has 5 nitrogen and oxygen atoms in total. The molecule has 0 radical (unpaired) electrons. The number of anilines is 1. The van der Waals surface area contributed by atoms with Crippen molar-refractivity contribution in [2.75, 3.05) is 18.6 Å². The summed E-state index contributed by atoms with van der Waals surface area (Å²) in [7, 11) is 1.61. The van der Waals surface area contributed by atoms with E-state index in [1.165, 1.54) is 17.9 Å². The summed E-state index contributed by atoms with van der Waals surface area (Å²) in [5, 5.41) is 0.366. The Morgan fingerprint density at radius 2 is 2.24 bits per heavy atom. The Kier molecular flexibility index (Phi) is 2.93. The van der Waals surface area contributed by atoms with Gasteiger partial charge in [-0.1, -0.05) is 11.6 Å². The molecule has 1 aromatic rings. The summed E-state index contributed by atoms with van der Waals surface area (Å²) in [6.07, 6.45) is 0. The van der Waals surface area contributed by atoms with Gasteiger partial charge in [-0.3, -0.25) is 9.59 Å². The van der Waals surface area contributed by atoms with Crippen LogP contribution < -0.4 is 14.4 Å². The van der Waals surface area contributed by atoms with Crippen LogP contribution in [0.1, 0.15) is 6.92 Å². The van der Waals surface area contributed by atoms with Crippen LogP contribution in [0.3, 0.4) is 0 Å². The van der Waals surface area contributed by atoms with Gasteiger partial charge < -0.3 is 14.4 Å². The number of ether oxygens (including phenoxy) is 2. The van der Waals surface area contributed by atoms with E-state index in [4.69, 9.17) is 21.1 Å². The lowest BCUT2D eigenvalue weighted by Gasteiger charge is -2.27. The van der Waals surface area contributed by atoms with E-state index in [2.05, 4.69) is 0 Å². The molecule has 1 aliphatic heterocycles. The maximum absolute atomic E-state index is 11.5. The van der Waals surface area contributed by atoms with Gasteiger partial charge in [-0.05, 0) is 6.07 Å². The van der Waals surface area contributed by atoms with E-state index in [-0.39, 0.29) is 18.3 Å². The highest BCUT2D eigenvalue weighted by Crippen LogP contribution is 2.42. The Morgan fingerprint density at radius 1 is 1.53 bits per heavy atom. The number of nitrogens with zero attached hydrogens (tertiary/aromatic N) is 1. The second-order valence-corrected chi connectivity index (χ2v) is 4.02. The Bertz CT molecular complexity index is 500. The molecule has 0 saturated carbocycles. The maximum atomic E-state index is 11.5. The van der Waals surface area contributed by atoms with Crippen molar-refractivity contribution >= 4 is 29.2 Å². The number of esters is 1. The lowest BCUT2D eigenvalue weighted by Crippen LogP contribution is -2.35. The lowest BCUT2D eigenvalue weighted by atomic mass is 10.2. The number of halogens is 1. The fourth-order valence-electron chi connectivity index (χ4n) is 1.54. The van der Waals surface area contributed by atoms with E-state index in [9.17, 15) is 9.59 Å². The van der Waals surface area contributed by atoms with Crippen LogP contribution in [0.15, 0.2) is 12.1 Å². The van der Waals surface area contributed by atoms with Gasteiger partial charge in [0.1, 0.15) is 0 Å². The Morgan fingerprint density at radius 3 is 2.88 bits per heavy atom. The normalized spacial score (nSPS) is 14.1. The zero-order chi connectivity index (χ0) is 12.6. The molecule has 6 heteroatoms. The molecule has 0 spiro atoms. The fraction of sp³-hybridized carbons (Fsp3) is 0.273. The summed E-state index contributed by atoms with van der Waals surface area (Å²) >= 11 is 5.89. The fourth-order valence-corrected chi connectivity index (χ4v) is 1.75. The highest BCUT2D eigenvalue weighted by molar-refractivity contribution is 6.31. The van der Waals surface area contributed by atoms with Crippen LogP contribution in [0.2, 0.25) is 5.02 Å². The summed E-state index contributed by atoms with van der Waals surface area (Å²) < 4.78 is 10.3. The molecule has 90 valence electrons. The first-order chi connectivity index (χ1) is 7.99. The smallest absolute Gasteiger partial charge is 0.308 e. The number of amides is 1. The molecular formula is C11H10ClNO4. The Balaban J connectivity index is 2.52. The van der Waals surface area contributed by atoms with Crippen LogP contribution in [0.5, 0.6) is 11.5 Å². The molecule has 0 aliphatic carbocycles. The highest BCUT2D eigenvalue weighted by Gasteiger charge is 2.26. The van der Waals surface area contributed by atoms with Gasteiger partial charge >= 0.3 is 5.97 Å². The SMILES string of the molecule is CC(=O)Oc1cc(Cl)cc2c1OCC(=O)N2C. The van der Waals surface area contributed by atoms with E-state index in [0.29, 0.717) is 16.5 Å². The van der Waals surface area contributed by atoms with Gasteiger partial charge in [-0.25, -0.2) is 0 Å². The standard InChI is InChI=1S/C11H10ClNO4/c1-6(14)17-9-4-7(12)3-8-11(9)16-5-10(15)13(8)2/h3-4H,5H2,1-2H3. The first-order valence-corrected chi connectivity index (χ1v) is 5.28. The van der Waals surface area contributed by atoms with Crippen molar-refractivity contribution in [2.45, 2.75) is 6.92 Å². The number of fused-ring (bicyclic) bond motifs is 1. The lowest BCUT2D eigenvalue weighted by molar-refractivity contribution is -0.132. The van der Waals surface area contributed by atoms with Crippen LogP contribution in [0, 0.1) is 0 Å². The number of hydrogen-bond acceptors (Lipinski definition) is 4. The van der Waals surface area contributed by atoms with Crippen LogP contribution in [-0.4, -0.2) is 25.5 Å². The number of benzene rings is 1. The molecule has 0 unspecified atom stereocenters. The molecule has 1 aromatic carbocycles. The zero-order valence-electron chi connectivity index (χ0n) is 9.32. The summed E-state index contributed by atoms with van der Waals surface area (Å²) in [6.45, 7) is 1.20. The van der Waals surface area contributed by atoms with Crippen molar-refractivity contribution < 1.29 is 19.1 Å². The van der Waals surface area contributed by atoms with Crippen LogP contribution >= 0.6 is 11.6 Å². The average Bonchev–Trinajstić information content (AvgIpc) is 2.23. The summed E-state index contributed by atoms with van der Waals surface area (Å²) in [5.41, 5.74) is 0.491. The van der Waals surface area contributed by atoms with Gasteiger partial charge in [0.25, 0.3) is 5.91 Å². The summed E-state index contributed by atoms with van der Waals surface area (Å²) in [4.78, 5) is 23.8. The molecule has 17 heavy (non-hydrogen) atoms. The van der Waals surface area contributed by atoms with Crippen molar-refractivity contribution in [2.24, 2.45) is 0 Å². The first kappa shape index (κ1) is 11.7. The minimum absolute atomic E-state index is 0.0839. The molecular weight excluding hydrogens is 246 g/mol. The van der Waals surface area contributed by atoms with Gasteiger partial charge in [0.05, 0.1) is 5.69 Å². The monoisotopic (exact) mass is 255 g/mol. The topological polar surface area (TPSA) is 55.8 Å². The molecule has 0 bridgehead atoms. The Labute approximate surface area is 103 Å². The van der Waals surface area contributed by atoms with Gasteiger partial charge in [-0.2, -0.15) is 0 Å². The van der Waals surface area contributed by atoms with Crippen molar-refractivity contribution in [3.63, 3.8) is 0 Å². The van der Waals surface area contributed by atoms with E-state index < -0.39 is 5.97 Å². The molecule has 1 aliphatic rings. The van der Waals surface area contributed by atoms with E-state index >= 15 is 0 Å². The minimum Gasteiger partial charge on any atom is -0.478 e. The average molecular weight is 256 g/mol. The predicted molar refractivity (Wildman–Crippen MR) is 61.7 cm³/mol. The maximum Gasteiger partial charge on any atom is 0.308 e. The largest absolute Gasteiger partial charge is 0.478 e. The van der Waals surface area contributed by atoms with Crippen LogP contribution in [0.4, 0.5) is 5.69 Å². The molecule has 0 fully saturated rings. The number of carbonyl (C=O) groups excluding carboxylic acids is 2. The van der Waals surface area contributed by atoms with Crippen molar-refractivity contribution in [3.05, 3.63) is 17.2 Å². The third kappa shape index (κ3) is 2.19. The van der Waals surface area contributed by atoms with Crippen molar-refractivity contribution in [1.29, 1.82) is 0 Å². The summed E-state index contributed by atoms with van der Waals surface area (Å²) in [6, 6.07) is 3.06. The molecule has 1 amide bonds. The van der Waals surface area contributed by atoms with Gasteiger partial charge in [0, 0.05) is 25.1 Å². The first-order valence-electron chi connectivity index (χ1n) is 4.90. The molecule has 0 atom stereocenters. The van der Waals surface area contributed by atoms with Gasteiger partial charge in [0.2, 0.25) is 0 Å². The molecule has 2 rings (SSSR count). The van der Waals surface area contributed by atoms with Gasteiger partial charge in [-0.15, -0.1) is 0 Å². The molecule has 0 N–H and O–H groups in total. The Hall–Kier alpha value is -1.75. The summed E-state index contributed by atoms with van der Waals surface area (Å²) in [5.74, 6) is -0.0859. The highest BCUT2D eigenvalue weighted by atomic mass is 35.5. The van der Waals surface area contributed by atoms with Crippen molar-refractivity contribution in [3.8, 4) is 11.5 Å². The van der Waals surface area contributed by atoms with E-state index in [1.54, 1.807) is 13.1 Å². The third-order valence-corrected chi connectivity index (χ3v) is 2.55. The number of hydrogen-bond donors (Lipinski definition) is 0. The number of carbonyl (C=O) groups is 2. The second kappa shape index (κ2) is 4.25. The van der Waals surface area contributed by atoms with E-state index in [1.807, 2.05) is 0 Å². The second-order valence-electron chi connectivity index (χ2n) is 3.59. The zero-order valence-corrected chi connectivity index (χ0v) is 10.1.